The van der Waals surface area contributed by atoms with E-state index in [-0.39, 0.29) is 6.09 Å². The third kappa shape index (κ3) is 5.34. The summed E-state index contributed by atoms with van der Waals surface area (Å²) in [6.07, 6.45) is 0.908. The molecular weight excluding hydrogens is 290 g/mol. The summed E-state index contributed by atoms with van der Waals surface area (Å²) in [5.41, 5.74) is 1.93. The Bertz CT molecular complexity index is 500. The monoisotopic (exact) mass is 319 g/mol. The Morgan fingerprint density at radius 3 is 2.26 bits per heavy atom. The van der Waals surface area contributed by atoms with Gasteiger partial charge < -0.3 is 19.9 Å². The van der Waals surface area contributed by atoms with Crippen molar-refractivity contribution in [2.75, 3.05) is 42.9 Å². The molecule has 0 bridgehead atoms. The van der Waals surface area contributed by atoms with Crippen LogP contribution in [0, 0.1) is 0 Å². The summed E-state index contributed by atoms with van der Waals surface area (Å²) in [5.74, 6) is 0. The highest BCUT2D eigenvalue weighted by molar-refractivity contribution is 5.68. The lowest BCUT2D eigenvalue weighted by Gasteiger charge is -2.36. The van der Waals surface area contributed by atoms with Gasteiger partial charge in [-0.2, -0.15) is 0 Å². The van der Waals surface area contributed by atoms with E-state index in [1.807, 2.05) is 20.8 Å². The zero-order chi connectivity index (χ0) is 16.9. The van der Waals surface area contributed by atoms with Crippen LogP contribution in [0.3, 0.4) is 0 Å². The van der Waals surface area contributed by atoms with Crippen LogP contribution in [-0.2, 0) is 4.74 Å². The summed E-state index contributed by atoms with van der Waals surface area (Å²) >= 11 is 0. The summed E-state index contributed by atoms with van der Waals surface area (Å²) < 4.78 is 5.43. The van der Waals surface area contributed by atoms with Crippen LogP contribution in [0.5, 0.6) is 0 Å². The number of carbonyl (C=O) groups is 1. The molecule has 0 radical (unpaired) electrons. The van der Waals surface area contributed by atoms with E-state index in [2.05, 4.69) is 41.4 Å². The molecule has 0 aromatic heterocycles. The summed E-state index contributed by atoms with van der Waals surface area (Å²) in [4.78, 5) is 16.2. The maximum absolute atomic E-state index is 12.1. The highest BCUT2D eigenvalue weighted by Crippen LogP contribution is 2.20. The predicted octanol–water partition coefficient (Wildman–Crippen LogP) is 3.57. The summed E-state index contributed by atoms with van der Waals surface area (Å²) in [6, 6.07) is 8.51. The largest absolute Gasteiger partial charge is 0.444 e. The van der Waals surface area contributed by atoms with Gasteiger partial charge in [-0.1, -0.05) is 6.92 Å². The topological polar surface area (TPSA) is 44.8 Å². The van der Waals surface area contributed by atoms with Crippen molar-refractivity contribution in [1.82, 2.24) is 4.90 Å². The average molecular weight is 319 g/mol. The maximum atomic E-state index is 12.1. The van der Waals surface area contributed by atoms with Crippen LogP contribution in [-0.4, -0.2) is 49.3 Å². The first kappa shape index (κ1) is 17.4. The SMILES string of the molecule is CCCNc1ccc(N2CCN(C(=O)OC(C)(C)C)CC2)cc1. The van der Waals surface area contributed by atoms with Gasteiger partial charge >= 0.3 is 6.09 Å². The quantitative estimate of drug-likeness (QED) is 0.921. The van der Waals surface area contributed by atoms with Crippen molar-refractivity contribution in [3.8, 4) is 0 Å². The van der Waals surface area contributed by atoms with Gasteiger partial charge in [0.1, 0.15) is 5.60 Å². The van der Waals surface area contributed by atoms with E-state index in [9.17, 15) is 4.79 Å². The number of hydrogen-bond acceptors (Lipinski definition) is 4. The van der Waals surface area contributed by atoms with Crippen molar-refractivity contribution >= 4 is 17.5 Å². The Kier molecular flexibility index (Phi) is 5.74. The van der Waals surface area contributed by atoms with E-state index in [1.165, 1.54) is 5.69 Å². The van der Waals surface area contributed by atoms with Crippen molar-refractivity contribution in [3.05, 3.63) is 24.3 Å². The van der Waals surface area contributed by atoms with E-state index in [4.69, 9.17) is 4.74 Å². The van der Waals surface area contributed by atoms with Crippen LogP contribution in [0.2, 0.25) is 0 Å². The Labute approximate surface area is 139 Å². The zero-order valence-corrected chi connectivity index (χ0v) is 14.8. The lowest BCUT2D eigenvalue weighted by atomic mass is 10.2. The molecule has 1 aliphatic rings. The first-order valence-corrected chi connectivity index (χ1v) is 8.46. The molecule has 1 saturated heterocycles. The summed E-state index contributed by atoms with van der Waals surface area (Å²) in [5, 5.41) is 3.38. The Hall–Kier alpha value is -1.91. The van der Waals surface area contributed by atoms with Gasteiger partial charge in [0.05, 0.1) is 0 Å². The third-order valence-corrected chi connectivity index (χ3v) is 3.74. The lowest BCUT2D eigenvalue weighted by molar-refractivity contribution is 0.0240. The molecule has 1 fully saturated rings. The number of hydrogen-bond donors (Lipinski definition) is 1. The molecule has 23 heavy (non-hydrogen) atoms. The molecule has 1 N–H and O–H groups in total. The standard InChI is InChI=1S/C18H29N3O2/c1-5-10-19-15-6-8-16(9-7-15)20-11-13-21(14-12-20)17(22)23-18(2,3)4/h6-9,19H,5,10-14H2,1-4H3. The molecule has 2 rings (SSSR count). The molecule has 5 nitrogen and oxygen atoms in total. The second-order valence-corrected chi connectivity index (χ2v) is 6.93. The van der Waals surface area contributed by atoms with E-state index in [0.29, 0.717) is 13.1 Å². The van der Waals surface area contributed by atoms with Crippen molar-refractivity contribution < 1.29 is 9.53 Å². The summed E-state index contributed by atoms with van der Waals surface area (Å²) in [7, 11) is 0. The van der Waals surface area contributed by atoms with Gasteiger partial charge in [0.15, 0.2) is 0 Å². The van der Waals surface area contributed by atoms with Crippen LogP contribution < -0.4 is 10.2 Å². The van der Waals surface area contributed by atoms with Crippen LogP contribution in [0.1, 0.15) is 34.1 Å². The molecule has 1 aliphatic heterocycles. The predicted molar refractivity (Wildman–Crippen MR) is 95.2 cm³/mol. The van der Waals surface area contributed by atoms with E-state index < -0.39 is 5.60 Å². The third-order valence-electron chi connectivity index (χ3n) is 3.74. The van der Waals surface area contributed by atoms with Crippen molar-refractivity contribution in [1.29, 1.82) is 0 Å². The van der Waals surface area contributed by atoms with E-state index >= 15 is 0 Å². The number of amides is 1. The van der Waals surface area contributed by atoms with Crippen LogP contribution in [0.15, 0.2) is 24.3 Å². The van der Waals surface area contributed by atoms with Crippen LogP contribution in [0.4, 0.5) is 16.2 Å². The average Bonchev–Trinajstić information content (AvgIpc) is 2.52. The second kappa shape index (κ2) is 7.57. The Balaban J connectivity index is 1.85. The smallest absolute Gasteiger partial charge is 0.410 e. The number of benzene rings is 1. The van der Waals surface area contributed by atoms with Gasteiger partial charge in [0, 0.05) is 44.1 Å². The maximum Gasteiger partial charge on any atom is 0.410 e. The molecule has 0 unspecified atom stereocenters. The van der Waals surface area contributed by atoms with Crippen molar-refractivity contribution in [2.45, 2.75) is 39.7 Å². The zero-order valence-electron chi connectivity index (χ0n) is 14.8. The van der Waals surface area contributed by atoms with Gasteiger partial charge in [-0.15, -0.1) is 0 Å². The first-order valence-electron chi connectivity index (χ1n) is 8.46. The number of piperazine rings is 1. The highest BCUT2D eigenvalue weighted by Gasteiger charge is 2.25. The molecule has 5 heteroatoms. The second-order valence-electron chi connectivity index (χ2n) is 6.93. The van der Waals surface area contributed by atoms with Crippen LogP contribution >= 0.6 is 0 Å². The fraction of sp³-hybridized carbons (Fsp3) is 0.611. The first-order chi connectivity index (χ1) is 10.9. The number of rotatable bonds is 4. The number of nitrogens with zero attached hydrogens (tertiary/aromatic N) is 2. The van der Waals surface area contributed by atoms with Crippen molar-refractivity contribution in [2.24, 2.45) is 0 Å². The lowest BCUT2D eigenvalue weighted by Crippen LogP contribution is -2.50. The van der Waals surface area contributed by atoms with Gasteiger partial charge in [0.25, 0.3) is 0 Å². The minimum absolute atomic E-state index is 0.212. The number of anilines is 2. The Morgan fingerprint density at radius 2 is 1.74 bits per heavy atom. The number of nitrogens with one attached hydrogen (secondary N) is 1. The molecule has 128 valence electrons. The molecule has 0 spiro atoms. The minimum atomic E-state index is -0.435. The molecule has 1 aromatic carbocycles. The van der Waals surface area contributed by atoms with Crippen LogP contribution in [0.25, 0.3) is 0 Å². The van der Waals surface area contributed by atoms with Gasteiger partial charge in [-0.3, -0.25) is 0 Å². The van der Waals surface area contributed by atoms with Gasteiger partial charge in [-0.05, 0) is 51.5 Å². The molecule has 0 saturated carbocycles. The van der Waals surface area contributed by atoms with Gasteiger partial charge in [0.2, 0.25) is 0 Å². The fourth-order valence-electron chi connectivity index (χ4n) is 2.53. The van der Waals surface area contributed by atoms with Gasteiger partial charge in [-0.25, -0.2) is 4.79 Å². The molecule has 0 atom stereocenters. The number of carbonyl (C=O) groups excluding carboxylic acids is 1. The minimum Gasteiger partial charge on any atom is -0.444 e. The molecule has 0 aliphatic carbocycles. The Morgan fingerprint density at radius 1 is 1.13 bits per heavy atom. The number of ether oxygens (including phenoxy) is 1. The fourth-order valence-corrected chi connectivity index (χ4v) is 2.53. The molecular formula is C18H29N3O2. The van der Waals surface area contributed by atoms with Crippen molar-refractivity contribution in [3.63, 3.8) is 0 Å². The molecule has 1 amide bonds. The summed E-state index contributed by atoms with van der Waals surface area (Å²) in [6.45, 7) is 11.9. The molecule has 1 heterocycles. The molecule has 1 aromatic rings. The van der Waals surface area contributed by atoms with E-state index in [1.54, 1.807) is 4.90 Å². The normalized spacial score (nSPS) is 15.5. The highest BCUT2D eigenvalue weighted by atomic mass is 16.6. The van der Waals surface area contributed by atoms with E-state index in [0.717, 1.165) is 31.7 Å².